The van der Waals surface area contributed by atoms with Gasteiger partial charge in [-0.1, -0.05) is 17.7 Å². The molecule has 0 aliphatic rings. The third-order valence-corrected chi connectivity index (χ3v) is 2.15. The Morgan fingerprint density at radius 1 is 1.27 bits per heavy atom. The lowest BCUT2D eigenvalue weighted by atomic mass is 10.2. The fourth-order valence-corrected chi connectivity index (χ4v) is 1.30. The molecule has 0 saturated carbocycles. The first-order chi connectivity index (χ1) is 7.25. The average molecular weight is 221 g/mol. The third kappa shape index (κ3) is 2.44. The molecule has 0 radical (unpaired) electrons. The fraction of sp³-hybridized carbons (Fsp3) is 0.0909. The van der Waals surface area contributed by atoms with Crippen molar-refractivity contribution in [2.75, 3.05) is 0 Å². The molecule has 0 aliphatic heterocycles. The van der Waals surface area contributed by atoms with Crippen LogP contribution in [0.4, 0.5) is 0 Å². The number of ether oxygens (including phenoxy) is 1. The standard InChI is InChI=1S/C11H9ClN2O/c1-8-2-3-9(12)10(6-8)15-11-7-13-4-5-14-11/h2-7H,1H3. The predicted octanol–water partition coefficient (Wildman–Crippen LogP) is 3.23. The van der Waals surface area contributed by atoms with Crippen molar-refractivity contribution in [2.24, 2.45) is 0 Å². The molecule has 0 amide bonds. The van der Waals surface area contributed by atoms with Crippen LogP contribution in [0.25, 0.3) is 0 Å². The lowest BCUT2D eigenvalue weighted by molar-refractivity contribution is 0.460. The maximum atomic E-state index is 5.97. The highest BCUT2D eigenvalue weighted by Crippen LogP contribution is 2.28. The van der Waals surface area contributed by atoms with Crippen LogP contribution in [0.2, 0.25) is 5.02 Å². The summed E-state index contributed by atoms with van der Waals surface area (Å²) in [4.78, 5) is 7.90. The van der Waals surface area contributed by atoms with Gasteiger partial charge in [0.2, 0.25) is 5.88 Å². The van der Waals surface area contributed by atoms with Crippen LogP contribution in [-0.4, -0.2) is 9.97 Å². The summed E-state index contributed by atoms with van der Waals surface area (Å²) in [5, 5.41) is 0.561. The number of rotatable bonds is 2. The van der Waals surface area contributed by atoms with Crippen molar-refractivity contribution in [3.05, 3.63) is 47.4 Å². The van der Waals surface area contributed by atoms with E-state index in [0.717, 1.165) is 5.56 Å². The Labute approximate surface area is 92.7 Å². The van der Waals surface area contributed by atoms with Gasteiger partial charge in [-0.25, -0.2) is 4.98 Å². The predicted molar refractivity (Wildman–Crippen MR) is 58.3 cm³/mol. The zero-order chi connectivity index (χ0) is 10.7. The molecular weight excluding hydrogens is 212 g/mol. The van der Waals surface area contributed by atoms with E-state index in [1.54, 1.807) is 24.7 Å². The number of halogens is 1. The maximum Gasteiger partial charge on any atom is 0.237 e. The van der Waals surface area contributed by atoms with Crippen molar-refractivity contribution in [1.82, 2.24) is 9.97 Å². The van der Waals surface area contributed by atoms with Crippen LogP contribution >= 0.6 is 11.6 Å². The van der Waals surface area contributed by atoms with E-state index in [2.05, 4.69) is 9.97 Å². The van der Waals surface area contributed by atoms with Gasteiger partial charge in [0.1, 0.15) is 5.75 Å². The molecule has 3 nitrogen and oxygen atoms in total. The van der Waals surface area contributed by atoms with Crippen LogP contribution in [0.5, 0.6) is 11.6 Å². The first-order valence-electron chi connectivity index (χ1n) is 4.46. The van der Waals surface area contributed by atoms with Crippen LogP contribution < -0.4 is 4.74 Å². The molecule has 0 spiro atoms. The molecule has 15 heavy (non-hydrogen) atoms. The van der Waals surface area contributed by atoms with Crippen LogP contribution in [0, 0.1) is 6.92 Å². The summed E-state index contributed by atoms with van der Waals surface area (Å²) in [5.41, 5.74) is 1.08. The van der Waals surface area contributed by atoms with Crippen LogP contribution in [0.15, 0.2) is 36.8 Å². The van der Waals surface area contributed by atoms with Gasteiger partial charge in [-0.3, -0.25) is 4.98 Å². The number of hydrogen-bond donors (Lipinski definition) is 0. The van der Waals surface area contributed by atoms with Crippen LogP contribution in [0.1, 0.15) is 5.56 Å². The van der Waals surface area contributed by atoms with Gasteiger partial charge in [0, 0.05) is 12.4 Å². The largest absolute Gasteiger partial charge is 0.436 e. The molecule has 1 heterocycles. The Morgan fingerprint density at radius 3 is 2.87 bits per heavy atom. The van der Waals surface area contributed by atoms with E-state index in [4.69, 9.17) is 16.3 Å². The molecule has 0 bridgehead atoms. The Balaban J connectivity index is 2.28. The molecular formula is C11H9ClN2O. The lowest BCUT2D eigenvalue weighted by Gasteiger charge is -2.06. The molecule has 0 atom stereocenters. The van der Waals surface area contributed by atoms with Crippen molar-refractivity contribution in [3.8, 4) is 11.6 Å². The number of hydrogen-bond acceptors (Lipinski definition) is 3. The highest BCUT2D eigenvalue weighted by Gasteiger charge is 2.03. The summed E-state index contributed by atoms with van der Waals surface area (Å²) in [7, 11) is 0. The second kappa shape index (κ2) is 4.28. The summed E-state index contributed by atoms with van der Waals surface area (Å²) in [6.07, 6.45) is 4.70. The molecule has 0 saturated heterocycles. The van der Waals surface area contributed by atoms with E-state index < -0.39 is 0 Å². The van der Waals surface area contributed by atoms with Gasteiger partial charge >= 0.3 is 0 Å². The summed E-state index contributed by atoms with van der Waals surface area (Å²) < 4.78 is 5.48. The van der Waals surface area contributed by atoms with E-state index in [9.17, 15) is 0 Å². The van der Waals surface area contributed by atoms with E-state index in [0.29, 0.717) is 16.7 Å². The van der Waals surface area contributed by atoms with Crippen molar-refractivity contribution in [2.45, 2.75) is 6.92 Å². The van der Waals surface area contributed by atoms with E-state index in [-0.39, 0.29) is 0 Å². The highest BCUT2D eigenvalue weighted by atomic mass is 35.5. The molecule has 0 fully saturated rings. The normalized spacial score (nSPS) is 10.0. The molecule has 0 N–H and O–H groups in total. The molecule has 2 rings (SSSR count). The van der Waals surface area contributed by atoms with E-state index >= 15 is 0 Å². The van der Waals surface area contributed by atoms with Crippen molar-refractivity contribution in [1.29, 1.82) is 0 Å². The minimum Gasteiger partial charge on any atom is -0.436 e. The van der Waals surface area contributed by atoms with Crippen molar-refractivity contribution >= 4 is 11.6 Å². The number of aryl methyl sites for hydroxylation is 1. The van der Waals surface area contributed by atoms with Gasteiger partial charge in [0.15, 0.2) is 0 Å². The topological polar surface area (TPSA) is 35.0 Å². The number of aromatic nitrogens is 2. The lowest BCUT2D eigenvalue weighted by Crippen LogP contribution is -1.89. The summed E-state index contributed by atoms with van der Waals surface area (Å²) in [5.74, 6) is 1.03. The van der Waals surface area contributed by atoms with Gasteiger partial charge in [0.05, 0.1) is 11.2 Å². The minimum absolute atomic E-state index is 0.435. The van der Waals surface area contributed by atoms with Gasteiger partial charge < -0.3 is 4.74 Å². The molecule has 1 aromatic heterocycles. The third-order valence-electron chi connectivity index (χ3n) is 1.84. The Bertz CT molecular complexity index is 459. The van der Waals surface area contributed by atoms with Crippen LogP contribution in [0.3, 0.4) is 0 Å². The summed E-state index contributed by atoms with van der Waals surface area (Å²) in [6.45, 7) is 1.97. The second-order valence-electron chi connectivity index (χ2n) is 3.08. The Morgan fingerprint density at radius 2 is 2.13 bits per heavy atom. The first kappa shape index (κ1) is 9.93. The smallest absolute Gasteiger partial charge is 0.237 e. The SMILES string of the molecule is Cc1ccc(Cl)c(Oc2cnccn2)c1. The molecule has 76 valence electrons. The zero-order valence-electron chi connectivity index (χ0n) is 8.14. The number of nitrogens with zero attached hydrogens (tertiary/aromatic N) is 2. The average Bonchev–Trinajstić information content (AvgIpc) is 2.25. The zero-order valence-corrected chi connectivity index (χ0v) is 8.90. The Hall–Kier alpha value is -1.61. The molecule has 1 aromatic carbocycles. The quantitative estimate of drug-likeness (QED) is 0.780. The maximum absolute atomic E-state index is 5.97. The van der Waals surface area contributed by atoms with Crippen molar-refractivity contribution < 1.29 is 4.74 Å². The number of benzene rings is 1. The van der Waals surface area contributed by atoms with E-state index in [1.807, 2.05) is 19.1 Å². The summed E-state index contributed by atoms with van der Waals surface area (Å²) >= 11 is 5.97. The summed E-state index contributed by atoms with van der Waals surface area (Å²) in [6, 6.07) is 5.57. The monoisotopic (exact) mass is 220 g/mol. The van der Waals surface area contributed by atoms with Crippen LogP contribution in [-0.2, 0) is 0 Å². The minimum atomic E-state index is 0.435. The van der Waals surface area contributed by atoms with Gasteiger partial charge in [-0.05, 0) is 24.6 Å². The van der Waals surface area contributed by atoms with Crippen molar-refractivity contribution in [3.63, 3.8) is 0 Å². The first-order valence-corrected chi connectivity index (χ1v) is 4.83. The van der Waals surface area contributed by atoms with E-state index in [1.165, 1.54) is 0 Å². The fourth-order valence-electron chi connectivity index (χ4n) is 1.14. The van der Waals surface area contributed by atoms with Gasteiger partial charge in [-0.2, -0.15) is 0 Å². The molecule has 2 aromatic rings. The molecule has 4 heteroatoms. The second-order valence-corrected chi connectivity index (χ2v) is 3.49. The van der Waals surface area contributed by atoms with Gasteiger partial charge in [0.25, 0.3) is 0 Å². The molecule has 0 aliphatic carbocycles. The highest BCUT2D eigenvalue weighted by molar-refractivity contribution is 6.32. The van der Waals surface area contributed by atoms with Gasteiger partial charge in [-0.15, -0.1) is 0 Å². The molecule has 0 unspecified atom stereocenters. The Kier molecular flexibility index (Phi) is 2.83.